The van der Waals surface area contributed by atoms with Crippen LogP contribution in [0, 0.1) is 0 Å². The fourth-order valence-corrected chi connectivity index (χ4v) is 2.67. The van der Waals surface area contributed by atoms with Crippen LogP contribution in [0.5, 0.6) is 0 Å². The van der Waals surface area contributed by atoms with Gasteiger partial charge in [0.15, 0.2) is 11.5 Å². The number of anilines is 1. The van der Waals surface area contributed by atoms with E-state index < -0.39 is 11.7 Å². The zero-order valence-corrected chi connectivity index (χ0v) is 13.3. The van der Waals surface area contributed by atoms with Gasteiger partial charge in [-0.05, 0) is 36.4 Å². The summed E-state index contributed by atoms with van der Waals surface area (Å²) in [5.74, 6) is 0.736. The van der Waals surface area contributed by atoms with E-state index >= 15 is 0 Å². The minimum atomic E-state index is -4.42. The predicted molar refractivity (Wildman–Crippen MR) is 91.1 cm³/mol. The van der Waals surface area contributed by atoms with Crippen LogP contribution in [-0.4, -0.2) is 19.6 Å². The zero-order chi connectivity index (χ0) is 18.3. The van der Waals surface area contributed by atoms with Crippen molar-refractivity contribution in [1.82, 2.24) is 19.6 Å². The molecule has 0 saturated carbocycles. The van der Waals surface area contributed by atoms with Crippen LogP contribution in [-0.2, 0) is 6.18 Å². The smallest absolute Gasteiger partial charge is 0.384 e. The normalized spacial score (nSPS) is 11.8. The van der Waals surface area contributed by atoms with E-state index in [1.807, 2.05) is 12.1 Å². The zero-order valence-electron chi connectivity index (χ0n) is 13.3. The first-order valence-corrected chi connectivity index (χ1v) is 7.66. The fourth-order valence-electron chi connectivity index (χ4n) is 2.67. The molecule has 0 bridgehead atoms. The Morgan fingerprint density at radius 1 is 0.885 bits per heavy atom. The van der Waals surface area contributed by atoms with Crippen molar-refractivity contribution < 1.29 is 13.2 Å². The number of alkyl halides is 3. The third-order valence-corrected chi connectivity index (χ3v) is 3.97. The van der Waals surface area contributed by atoms with Crippen LogP contribution in [0.3, 0.4) is 0 Å². The third kappa shape index (κ3) is 2.85. The SMILES string of the molecule is Nc1ccc(-c2ccc3nnc(-c4cccc(C(F)(F)F)c4)n3c2)cn1. The molecule has 5 nitrogen and oxygen atoms in total. The molecule has 0 aliphatic rings. The van der Waals surface area contributed by atoms with Crippen molar-refractivity contribution >= 4 is 11.5 Å². The van der Waals surface area contributed by atoms with Gasteiger partial charge in [0.05, 0.1) is 5.56 Å². The molecule has 0 spiro atoms. The number of rotatable bonds is 2. The third-order valence-electron chi connectivity index (χ3n) is 3.97. The van der Waals surface area contributed by atoms with Crippen LogP contribution in [0.4, 0.5) is 19.0 Å². The molecule has 4 rings (SSSR count). The molecule has 2 N–H and O–H groups in total. The maximum atomic E-state index is 13.0. The van der Waals surface area contributed by atoms with Crippen molar-refractivity contribution in [2.75, 3.05) is 5.73 Å². The van der Waals surface area contributed by atoms with Crippen molar-refractivity contribution in [3.63, 3.8) is 0 Å². The average Bonchev–Trinajstić information content (AvgIpc) is 3.05. The van der Waals surface area contributed by atoms with Gasteiger partial charge in [0.25, 0.3) is 0 Å². The molecule has 0 unspecified atom stereocenters. The van der Waals surface area contributed by atoms with Gasteiger partial charge in [-0.3, -0.25) is 4.40 Å². The number of nitrogens with two attached hydrogens (primary N) is 1. The van der Waals surface area contributed by atoms with Crippen molar-refractivity contribution in [1.29, 1.82) is 0 Å². The minimum Gasteiger partial charge on any atom is -0.384 e. The first kappa shape index (κ1) is 16.1. The summed E-state index contributed by atoms with van der Waals surface area (Å²) in [6.07, 6.45) is -1.03. The van der Waals surface area contributed by atoms with Gasteiger partial charge >= 0.3 is 6.18 Å². The molecule has 0 saturated heterocycles. The number of hydrogen-bond acceptors (Lipinski definition) is 4. The summed E-state index contributed by atoms with van der Waals surface area (Å²) in [6, 6.07) is 12.1. The molecular formula is C18H12F3N5. The van der Waals surface area contributed by atoms with Crippen molar-refractivity contribution in [3.05, 3.63) is 66.5 Å². The lowest BCUT2D eigenvalue weighted by atomic mass is 10.1. The van der Waals surface area contributed by atoms with Crippen LogP contribution in [0.1, 0.15) is 5.56 Å². The molecule has 3 heterocycles. The topological polar surface area (TPSA) is 69.1 Å². The second kappa shape index (κ2) is 5.83. The number of hydrogen-bond donors (Lipinski definition) is 1. The molecule has 4 aromatic rings. The van der Waals surface area contributed by atoms with Gasteiger partial charge in [-0.25, -0.2) is 4.98 Å². The lowest BCUT2D eigenvalue weighted by molar-refractivity contribution is -0.137. The number of fused-ring (bicyclic) bond motifs is 1. The van der Waals surface area contributed by atoms with E-state index in [1.54, 1.807) is 35.0 Å². The Bertz CT molecular complexity index is 1080. The Hall–Kier alpha value is -3.42. The molecule has 8 heteroatoms. The number of benzene rings is 1. The van der Waals surface area contributed by atoms with Gasteiger partial charge in [0, 0.05) is 29.1 Å². The van der Waals surface area contributed by atoms with Crippen LogP contribution in [0.15, 0.2) is 60.9 Å². The second-order valence-electron chi connectivity index (χ2n) is 5.72. The van der Waals surface area contributed by atoms with Gasteiger partial charge in [-0.1, -0.05) is 12.1 Å². The number of halogens is 3. The van der Waals surface area contributed by atoms with Gasteiger partial charge in [0.2, 0.25) is 0 Å². The summed E-state index contributed by atoms with van der Waals surface area (Å²) in [4.78, 5) is 4.05. The maximum absolute atomic E-state index is 13.0. The molecule has 1 aromatic carbocycles. The van der Waals surface area contributed by atoms with Gasteiger partial charge in [-0.15, -0.1) is 10.2 Å². The maximum Gasteiger partial charge on any atom is 0.416 e. The van der Waals surface area contributed by atoms with Crippen LogP contribution < -0.4 is 5.73 Å². The molecule has 0 atom stereocenters. The lowest BCUT2D eigenvalue weighted by Gasteiger charge is -2.08. The second-order valence-corrected chi connectivity index (χ2v) is 5.72. The molecule has 0 aliphatic heterocycles. The highest BCUT2D eigenvalue weighted by atomic mass is 19.4. The Labute approximate surface area is 145 Å². The Morgan fingerprint density at radius 2 is 1.69 bits per heavy atom. The summed E-state index contributed by atoms with van der Waals surface area (Å²) < 4.78 is 40.6. The first-order valence-electron chi connectivity index (χ1n) is 7.66. The molecular weight excluding hydrogens is 343 g/mol. The summed E-state index contributed by atoms with van der Waals surface area (Å²) >= 11 is 0. The summed E-state index contributed by atoms with van der Waals surface area (Å²) in [5.41, 5.74) is 7.38. The monoisotopic (exact) mass is 355 g/mol. The van der Waals surface area contributed by atoms with E-state index in [0.717, 1.165) is 23.3 Å². The van der Waals surface area contributed by atoms with E-state index in [-0.39, 0.29) is 0 Å². The highest BCUT2D eigenvalue weighted by Gasteiger charge is 2.30. The fraction of sp³-hybridized carbons (Fsp3) is 0.0556. The Kier molecular flexibility index (Phi) is 3.61. The summed E-state index contributed by atoms with van der Waals surface area (Å²) in [5, 5.41) is 8.08. The number of pyridine rings is 2. The largest absolute Gasteiger partial charge is 0.416 e. The molecule has 0 amide bonds. The molecule has 130 valence electrons. The number of nitrogen functional groups attached to an aromatic ring is 1. The van der Waals surface area contributed by atoms with E-state index in [0.29, 0.717) is 22.9 Å². The highest BCUT2D eigenvalue weighted by Crippen LogP contribution is 2.32. The quantitative estimate of drug-likeness (QED) is 0.589. The first-order chi connectivity index (χ1) is 12.4. The predicted octanol–water partition coefficient (Wildman–Crippen LogP) is 4.06. The molecule has 0 fully saturated rings. The van der Waals surface area contributed by atoms with E-state index in [1.165, 1.54) is 6.07 Å². The highest BCUT2D eigenvalue weighted by molar-refractivity contribution is 5.67. The molecule has 0 radical (unpaired) electrons. The Balaban J connectivity index is 1.84. The molecule has 3 aromatic heterocycles. The number of nitrogens with zero attached hydrogens (tertiary/aromatic N) is 4. The van der Waals surface area contributed by atoms with E-state index in [4.69, 9.17) is 5.73 Å². The van der Waals surface area contributed by atoms with E-state index in [9.17, 15) is 13.2 Å². The van der Waals surface area contributed by atoms with Gasteiger partial charge in [-0.2, -0.15) is 13.2 Å². The van der Waals surface area contributed by atoms with Crippen molar-refractivity contribution in [2.45, 2.75) is 6.18 Å². The average molecular weight is 355 g/mol. The van der Waals surface area contributed by atoms with Crippen LogP contribution >= 0.6 is 0 Å². The van der Waals surface area contributed by atoms with Crippen molar-refractivity contribution in [2.24, 2.45) is 0 Å². The van der Waals surface area contributed by atoms with Gasteiger partial charge in [0.1, 0.15) is 5.82 Å². The molecule has 0 aliphatic carbocycles. The Morgan fingerprint density at radius 3 is 2.42 bits per heavy atom. The van der Waals surface area contributed by atoms with Crippen molar-refractivity contribution in [3.8, 4) is 22.5 Å². The minimum absolute atomic E-state index is 0.330. The van der Waals surface area contributed by atoms with E-state index in [2.05, 4.69) is 15.2 Å². The standard InChI is InChI=1S/C18H12F3N5/c19-18(20,21)14-3-1-2-11(8-14)17-25-24-16-7-5-13(10-26(16)17)12-4-6-15(22)23-9-12/h1-10H,(H2,22,23). The summed E-state index contributed by atoms with van der Waals surface area (Å²) in [6.45, 7) is 0. The lowest BCUT2D eigenvalue weighted by Crippen LogP contribution is -2.04. The summed E-state index contributed by atoms with van der Waals surface area (Å²) in [7, 11) is 0. The van der Waals surface area contributed by atoms with Crippen LogP contribution in [0.25, 0.3) is 28.2 Å². The molecule has 26 heavy (non-hydrogen) atoms. The van der Waals surface area contributed by atoms with Gasteiger partial charge < -0.3 is 5.73 Å². The number of aromatic nitrogens is 4. The van der Waals surface area contributed by atoms with Crippen LogP contribution in [0.2, 0.25) is 0 Å².